The van der Waals surface area contributed by atoms with Crippen molar-refractivity contribution in [3.8, 4) is 0 Å². The second-order valence-electron chi connectivity index (χ2n) is 3.93. The maximum Gasteiger partial charge on any atom is 0.222 e. The minimum Gasteiger partial charge on any atom is -0.368 e. The number of halogens is 1. The summed E-state index contributed by atoms with van der Waals surface area (Å²) in [5, 5.41) is 3.22. The van der Waals surface area contributed by atoms with Crippen LogP contribution in [-0.2, 0) is 0 Å². The smallest absolute Gasteiger partial charge is 0.222 e. The highest BCUT2D eigenvalue weighted by Gasteiger charge is 2.04. The molecular weight excluding hydrogens is 280 g/mol. The lowest BCUT2D eigenvalue weighted by Crippen LogP contribution is -2.00. The Bertz CT molecular complexity index is 534. The second-order valence-corrected chi connectivity index (χ2v) is 4.78. The molecule has 3 N–H and O–H groups in total. The number of rotatable bonds is 2. The normalized spacial score (nSPS) is 10.3. The third-order valence-corrected chi connectivity index (χ3v) is 2.83. The van der Waals surface area contributed by atoms with E-state index in [1.165, 1.54) is 11.1 Å². The number of hydrogen-bond acceptors (Lipinski definition) is 4. The number of benzene rings is 1. The highest BCUT2D eigenvalue weighted by atomic mass is 79.9. The number of aromatic nitrogens is 2. The number of aryl methyl sites for hydroxylation is 2. The molecule has 2 rings (SSSR count). The van der Waals surface area contributed by atoms with Crippen LogP contribution in [0.3, 0.4) is 0 Å². The largest absolute Gasteiger partial charge is 0.368 e. The fourth-order valence-corrected chi connectivity index (χ4v) is 1.94. The monoisotopic (exact) mass is 292 g/mol. The van der Waals surface area contributed by atoms with Crippen molar-refractivity contribution in [3.05, 3.63) is 40.0 Å². The second kappa shape index (κ2) is 4.71. The molecule has 0 fully saturated rings. The third-order valence-electron chi connectivity index (χ3n) is 2.25. The van der Waals surface area contributed by atoms with E-state index in [1.54, 1.807) is 6.20 Å². The summed E-state index contributed by atoms with van der Waals surface area (Å²) in [6.07, 6.45) is 1.63. The summed E-state index contributed by atoms with van der Waals surface area (Å²) in [5.41, 5.74) is 8.94. The molecule has 1 aromatic carbocycles. The van der Waals surface area contributed by atoms with E-state index in [4.69, 9.17) is 5.73 Å². The third kappa shape index (κ3) is 2.94. The van der Waals surface area contributed by atoms with Gasteiger partial charge >= 0.3 is 0 Å². The standard InChI is InChI=1S/C12H13BrN4/c1-7-3-8(2)5-9(4-7)16-11-10(13)6-15-12(14)17-11/h3-6H,1-2H3,(H3,14,15,16,17). The lowest BCUT2D eigenvalue weighted by molar-refractivity contribution is 1.17. The van der Waals surface area contributed by atoms with Crippen molar-refractivity contribution in [1.29, 1.82) is 0 Å². The quantitative estimate of drug-likeness (QED) is 0.892. The van der Waals surface area contributed by atoms with Crippen molar-refractivity contribution in [3.63, 3.8) is 0 Å². The number of hydrogen-bond donors (Lipinski definition) is 2. The van der Waals surface area contributed by atoms with E-state index in [0.717, 1.165) is 10.2 Å². The van der Waals surface area contributed by atoms with Crippen LogP contribution in [0, 0.1) is 13.8 Å². The summed E-state index contributed by atoms with van der Waals surface area (Å²) < 4.78 is 0.783. The SMILES string of the molecule is Cc1cc(C)cc(Nc2nc(N)ncc2Br)c1. The fourth-order valence-electron chi connectivity index (χ4n) is 1.65. The number of nitrogens with zero attached hydrogens (tertiary/aromatic N) is 2. The summed E-state index contributed by atoms with van der Waals surface area (Å²) >= 11 is 3.38. The zero-order valence-corrected chi connectivity index (χ0v) is 11.2. The molecule has 0 aliphatic rings. The van der Waals surface area contributed by atoms with Gasteiger partial charge in [-0.1, -0.05) is 6.07 Å². The predicted molar refractivity (Wildman–Crippen MR) is 73.3 cm³/mol. The Morgan fingerprint density at radius 2 is 1.82 bits per heavy atom. The lowest BCUT2D eigenvalue weighted by atomic mass is 10.1. The van der Waals surface area contributed by atoms with Gasteiger partial charge in [0.25, 0.3) is 0 Å². The van der Waals surface area contributed by atoms with Gasteiger partial charge in [-0.15, -0.1) is 0 Å². The van der Waals surface area contributed by atoms with Crippen LogP contribution in [0.2, 0.25) is 0 Å². The van der Waals surface area contributed by atoms with E-state index in [2.05, 4.69) is 63.3 Å². The molecule has 0 saturated carbocycles. The molecule has 0 amide bonds. The van der Waals surface area contributed by atoms with E-state index in [9.17, 15) is 0 Å². The Morgan fingerprint density at radius 3 is 2.47 bits per heavy atom. The summed E-state index contributed by atoms with van der Waals surface area (Å²) in [5.74, 6) is 0.919. The number of anilines is 3. The Balaban J connectivity index is 2.34. The summed E-state index contributed by atoms with van der Waals surface area (Å²) in [6, 6.07) is 6.23. The number of nitrogens with one attached hydrogen (secondary N) is 1. The summed E-state index contributed by atoms with van der Waals surface area (Å²) in [7, 11) is 0. The van der Waals surface area contributed by atoms with Crippen molar-refractivity contribution in [2.75, 3.05) is 11.1 Å². The average molecular weight is 293 g/mol. The van der Waals surface area contributed by atoms with Gasteiger partial charge in [0.05, 0.1) is 4.47 Å². The fraction of sp³-hybridized carbons (Fsp3) is 0.167. The zero-order valence-electron chi connectivity index (χ0n) is 9.66. The molecule has 1 heterocycles. The van der Waals surface area contributed by atoms with Crippen molar-refractivity contribution in [2.45, 2.75) is 13.8 Å². The molecule has 0 aliphatic heterocycles. The molecule has 5 heteroatoms. The first-order chi connectivity index (χ1) is 8.04. The topological polar surface area (TPSA) is 63.8 Å². The molecule has 1 aromatic heterocycles. The first kappa shape index (κ1) is 11.9. The Kier molecular flexibility index (Phi) is 3.28. The van der Waals surface area contributed by atoms with Crippen LogP contribution in [0.1, 0.15) is 11.1 Å². The molecule has 0 radical (unpaired) electrons. The van der Waals surface area contributed by atoms with Crippen molar-refractivity contribution >= 4 is 33.4 Å². The molecule has 88 valence electrons. The molecule has 0 atom stereocenters. The van der Waals surface area contributed by atoms with Gasteiger partial charge in [0.2, 0.25) is 5.95 Å². The minimum absolute atomic E-state index is 0.250. The Hall–Kier alpha value is -1.62. The van der Waals surface area contributed by atoms with Crippen LogP contribution in [0.15, 0.2) is 28.9 Å². The van der Waals surface area contributed by atoms with E-state index < -0.39 is 0 Å². The molecule has 2 aromatic rings. The lowest BCUT2D eigenvalue weighted by Gasteiger charge is -2.09. The molecular formula is C12H13BrN4. The van der Waals surface area contributed by atoms with Gasteiger partial charge in [-0.3, -0.25) is 0 Å². The van der Waals surface area contributed by atoms with Crippen LogP contribution in [0.5, 0.6) is 0 Å². The Labute approximate surface area is 108 Å². The maximum absolute atomic E-state index is 5.56. The van der Waals surface area contributed by atoms with Gasteiger partial charge in [0.1, 0.15) is 5.82 Å². The molecule has 0 saturated heterocycles. The first-order valence-electron chi connectivity index (χ1n) is 5.18. The maximum atomic E-state index is 5.56. The van der Waals surface area contributed by atoms with Gasteiger partial charge in [-0.2, -0.15) is 4.98 Å². The van der Waals surface area contributed by atoms with Crippen molar-refractivity contribution in [2.24, 2.45) is 0 Å². The summed E-state index contributed by atoms with van der Waals surface area (Å²) in [4.78, 5) is 8.03. The van der Waals surface area contributed by atoms with Gasteiger partial charge in [-0.05, 0) is 53.0 Å². The van der Waals surface area contributed by atoms with Crippen molar-refractivity contribution < 1.29 is 0 Å². The van der Waals surface area contributed by atoms with Crippen LogP contribution in [-0.4, -0.2) is 9.97 Å². The van der Waals surface area contributed by atoms with E-state index >= 15 is 0 Å². The van der Waals surface area contributed by atoms with Crippen LogP contribution >= 0.6 is 15.9 Å². The molecule has 0 unspecified atom stereocenters. The van der Waals surface area contributed by atoms with E-state index in [-0.39, 0.29) is 5.95 Å². The van der Waals surface area contributed by atoms with Gasteiger partial charge < -0.3 is 11.1 Å². The predicted octanol–water partition coefficient (Wildman–Crippen LogP) is 3.18. The van der Waals surface area contributed by atoms with Crippen molar-refractivity contribution in [1.82, 2.24) is 9.97 Å². The summed E-state index contributed by atoms with van der Waals surface area (Å²) in [6.45, 7) is 4.11. The van der Waals surface area contributed by atoms with Crippen LogP contribution in [0.25, 0.3) is 0 Å². The highest BCUT2D eigenvalue weighted by Crippen LogP contribution is 2.24. The molecule has 4 nitrogen and oxygen atoms in total. The molecule has 0 bridgehead atoms. The van der Waals surface area contributed by atoms with E-state index in [0.29, 0.717) is 5.82 Å². The molecule has 0 aliphatic carbocycles. The average Bonchev–Trinajstić information content (AvgIpc) is 2.22. The molecule has 17 heavy (non-hydrogen) atoms. The molecule has 0 spiro atoms. The van der Waals surface area contributed by atoms with Crippen LogP contribution in [0.4, 0.5) is 17.5 Å². The number of nitrogens with two attached hydrogens (primary N) is 1. The zero-order chi connectivity index (χ0) is 12.4. The minimum atomic E-state index is 0.250. The highest BCUT2D eigenvalue weighted by molar-refractivity contribution is 9.10. The first-order valence-corrected chi connectivity index (χ1v) is 5.97. The van der Waals surface area contributed by atoms with Crippen LogP contribution < -0.4 is 11.1 Å². The Morgan fingerprint density at radius 1 is 1.18 bits per heavy atom. The van der Waals surface area contributed by atoms with E-state index in [1.807, 2.05) is 0 Å². The van der Waals surface area contributed by atoms with Gasteiger partial charge in [0.15, 0.2) is 0 Å². The number of nitrogen functional groups attached to an aromatic ring is 1. The van der Waals surface area contributed by atoms with Gasteiger partial charge in [0, 0.05) is 11.9 Å². The van der Waals surface area contributed by atoms with Gasteiger partial charge in [-0.25, -0.2) is 4.98 Å².